The maximum Gasteiger partial charge on any atom is 0.311 e. The number of ether oxygens (including phenoxy) is 2. The van der Waals surface area contributed by atoms with E-state index in [2.05, 4.69) is 0 Å². The first kappa shape index (κ1) is 17.2. The van der Waals surface area contributed by atoms with Crippen molar-refractivity contribution in [2.24, 2.45) is 5.92 Å². The predicted molar refractivity (Wildman–Crippen MR) is 81.1 cm³/mol. The average Bonchev–Trinajstić information content (AvgIpc) is 2.38. The summed E-state index contributed by atoms with van der Waals surface area (Å²) in [6.45, 7) is 7.80. The van der Waals surface area contributed by atoms with Crippen molar-refractivity contribution in [1.29, 1.82) is 0 Å². The van der Waals surface area contributed by atoms with E-state index in [1.807, 2.05) is 39.8 Å². The van der Waals surface area contributed by atoms with Gasteiger partial charge in [0, 0.05) is 12.8 Å². The van der Waals surface area contributed by atoms with Crippen molar-refractivity contribution >= 4 is 11.9 Å². The van der Waals surface area contributed by atoms with Gasteiger partial charge in [0.1, 0.15) is 11.9 Å². The quantitative estimate of drug-likeness (QED) is 0.568. The summed E-state index contributed by atoms with van der Waals surface area (Å²) in [4.78, 5) is 23.2. The Hall–Kier alpha value is -1.84. The Labute approximate surface area is 126 Å². The van der Waals surface area contributed by atoms with E-state index in [0.29, 0.717) is 18.1 Å². The van der Waals surface area contributed by atoms with E-state index in [1.165, 1.54) is 0 Å². The molecular weight excluding hydrogens is 268 g/mol. The zero-order valence-corrected chi connectivity index (χ0v) is 13.2. The molecule has 4 heteroatoms. The maximum atomic E-state index is 11.7. The minimum atomic E-state index is -0.328. The van der Waals surface area contributed by atoms with E-state index < -0.39 is 0 Å². The highest BCUT2D eigenvalue weighted by molar-refractivity contribution is 5.74. The van der Waals surface area contributed by atoms with Gasteiger partial charge in [-0.15, -0.1) is 0 Å². The van der Waals surface area contributed by atoms with Gasteiger partial charge in [-0.05, 0) is 43.9 Å². The molecule has 1 rings (SSSR count). The topological polar surface area (TPSA) is 52.6 Å². The zero-order valence-electron chi connectivity index (χ0n) is 13.2. The van der Waals surface area contributed by atoms with Crippen LogP contribution in [0.2, 0.25) is 0 Å². The van der Waals surface area contributed by atoms with Crippen LogP contribution >= 0.6 is 0 Å². The van der Waals surface area contributed by atoms with Crippen LogP contribution in [0, 0.1) is 12.8 Å². The highest BCUT2D eigenvalue weighted by Crippen LogP contribution is 2.14. The first-order valence-corrected chi connectivity index (χ1v) is 7.35. The third-order valence-corrected chi connectivity index (χ3v) is 3.24. The summed E-state index contributed by atoms with van der Waals surface area (Å²) < 4.78 is 10.4. The molecule has 116 valence electrons. The van der Waals surface area contributed by atoms with Gasteiger partial charge in [-0.3, -0.25) is 9.59 Å². The predicted octanol–water partition coefficient (Wildman–Crippen LogP) is 3.66. The van der Waals surface area contributed by atoms with Gasteiger partial charge in [0.2, 0.25) is 0 Å². The summed E-state index contributed by atoms with van der Waals surface area (Å²) in [6, 6.07) is 7.31. The van der Waals surface area contributed by atoms with Crippen molar-refractivity contribution in [2.75, 3.05) is 0 Å². The molecule has 1 aromatic carbocycles. The molecule has 0 saturated carbocycles. The smallest absolute Gasteiger partial charge is 0.311 e. The van der Waals surface area contributed by atoms with Crippen LogP contribution in [0.25, 0.3) is 0 Å². The van der Waals surface area contributed by atoms with Crippen LogP contribution in [0.15, 0.2) is 24.3 Å². The van der Waals surface area contributed by atoms with Crippen LogP contribution in [0.1, 0.15) is 45.6 Å². The minimum absolute atomic E-state index is 0.100. The fourth-order valence-corrected chi connectivity index (χ4v) is 1.64. The van der Waals surface area contributed by atoms with Gasteiger partial charge in [0.25, 0.3) is 0 Å². The average molecular weight is 292 g/mol. The van der Waals surface area contributed by atoms with Crippen molar-refractivity contribution in [3.05, 3.63) is 29.8 Å². The van der Waals surface area contributed by atoms with Crippen molar-refractivity contribution < 1.29 is 19.1 Å². The fraction of sp³-hybridized carbons (Fsp3) is 0.529. The molecule has 0 aromatic heterocycles. The Kier molecular flexibility index (Phi) is 6.92. The van der Waals surface area contributed by atoms with Crippen LogP contribution in [0.4, 0.5) is 0 Å². The van der Waals surface area contributed by atoms with E-state index in [0.717, 1.165) is 5.56 Å². The van der Waals surface area contributed by atoms with Crippen LogP contribution < -0.4 is 4.74 Å². The maximum absolute atomic E-state index is 11.7. The number of hydrogen-bond acceptors (Lipinski definition) is 4. The molecule has 0 saturated heterocycles. The van der Waals surface area contributed by atoms with E-state index in [-0.39, 0.29) is 30.9 Å². The summed E-state index contributed by atoms with van der Waals surface area (Å²) in [5, 5.41) is 0. The molecule has 0 amide bonds. The number of carbonyl (C=O) groups is 2. The highest BCUT2D eigenvalue weighted by atomic mass is 16.5. The molecule has 0 aliphatic heterocycles. The normalized spacial score (nSPS) is 12.0. The first-order valence-electron chi connectivity index (χ1n) is 7.35. The Morgan fingerprint density at radius 3 is 2.38 bits per heavy atom. The van der Waals surface area contributed by atoms with Gasteiger partial charge in [-0.25, -0.2) is 0 Å². The van der Waals surface area contributed by atoms with Gasteiger partial charge in [-0.2, -0.15) is 0 Å². The third kappa shape index (κ3) is 6.93. The molecule has 1 unspecified atom stereocenters. The Bertz CT molecular complexity index is 479. The van der Waals surface area contributed by atoms with Crippen LogP contribution in [0.5, 0.6) is 5.75 Å². The Balaban J connectivity index is 2.26. The van der Waals surface area contributed by atoms with Crippen LogP contribution in [-0.2, 0) is 14.3 Å². The number of aryl methyl sites for hydroxylation is 1. The molecule has 0 aliphatic rings. The highest BCUT2D eigenvalue weighted by Gasteiger charge is 2.13. The summed E-state index contributed by atoms with van der Waals surface area (Å²) in [6.07, 6.45) is 0.782. The van der Waals surface area contributed by atoms with E-state index in [4.69, 9.17) is 9.47 Å². The molecular formula is C17H24O4. The van der Waals surface area contributed by atoms with Crippen molar-refractivity contribution in [2.45, 2.75) is 53.1 Å². The molecule has 0 heterocycles. The Morgan fingerprint density at radius 1 is 1.10 bits per heavy atom. The lowest BCUT2D eigenvalue weighted by atomic mass is 10.1. The fourth-order valence-electron chi connectivity index (χ4n) is 1.64. The second kappa shape index (κ2) is 8.45. The molecule has 1 atom stereocenters. The number of rotatable bonds is 7. The van der Waals surface area contributed by atoms with Gasteiger partial charge < -0.3 is 9.47 Å². The molecule has 4 nitrogen and oxygen atoms in total. The monoisotopic (exact) mass is 292 g/mol. The van der Waals surface area contributed by atoms with Crippen LogP contribution in [0.3, 0.4) is 0 Å². The van der Waals surface area contributed by atoms with Gasteiger partial charge in [0.05, 0.1) is 0 Å². The summed E-state index contributed by atoms with van der Waals surface area (Å²) >= 11 is 0. The lowest BCUT2D eigenvalue weighted by Crippen LogP contribution is -2.20. The Morgan fingerprint density at radius 2 is 1.76 bits per heavy atom. The molecule has 0 fully saturated rings. The zero-order chi connectivity index (χ0) is 15.8. The lowest BCUT2D eigenvalue weighted by molar-refractivity contribution is -0.150. The molecule has 0 aliphatic carbocycles. The molecule has 0 N–H and O–H groups in total. The second-order valence-corrected chi connectivity index (χ2v) is 5.58. The molecule has 0 spiro atoms. The van der Waals surface area contributed by atoms with Gasteiger partial charge >= 0.3 is 11.9 Å². The van der Waals surface area contributed by atoms with Crippen molar-refractivity contribution in [1.82, 2.24) is 0 Å². The molecule has 1 aromatic rings. The molecule has 0 radical (unpaired) electrons. The number of hydrogen-bond donors (Lipinski definition) is 0. The summed E-state index contributed by atoms with van der Waals surface area (Å²) in [5.41, 5.74) is 1.03. The lowest BCUT2D eigenvalue weighted by Gasteiger charge is -2.16. The first-order chi connectivity index (χ1) is 9.88. The van der Waals surface area contributed by atoms with Gasteiger partial charge in [0.15, 0.2) is 0 Å². The van der Waals surface area contributed by atoms with Crippen molar-refractivity contribution in [3.63, 3.8) is 0 Å². The SMILES string of the molecule is Cc1cccc(OC(=O)CCCC(=O)OC(C)C(C)C)c1. The standard InChI is InChI=1S/C17H24O4/c1-12(2)14(4)20-16(18)9-6-10-17(19)21-15-8-5-7-13(3)11-15/h5,7-8,11-12,14H,6,9-10H2,1-4H3. The van der Waals surface area contributed by atoms with E-state index in [9.17, 15) is 9.59 Å². The largest absolute Gasteiger partial charge is 0.462 e. The summed E-state index contributed by atoms with van der Waals surface area (Å²) in [7, 11) is 0. The number of carbonyl (C=O) groups excluding carboxylic acids is 2. The van der Waals surface area contributed by atoms with Gasteiger partial charge in [-0.1, -0.05) is 26.0 Å². The number of benzene rings is 1. The third-order valence-electron chi connectivity index (χ3n) is 3.24. The minimum Gasteiger partial charge on any atom is -0.462 e. The molecule has 21 heavy (non-hydrogen) atoms. The number of esters is 2. The summed E-state index contributed by atoms with van der Waals surface area (Å²) in [5.74, 6) is 0.237. The van der Waals surface area contributed by atoms with Crippen LogP contribution in [-0.4, -0.2) is 18.0 Å². The molecule has 0 bridgehead atoms. The van der Waals surface area contributed by atoms with E-state index in [1.54, 1.807) is 12.1 Å². The van der Waals surface area contributed by atoms with E-state index >= 15 is 0 Å². The van der Waals surface area contributed by atoms with Crippen molar-refractivity contribution in [3.8, 4) is 5.75 Å². The second-order valence-electron chi connectivity index (χ2n) is 5.58.